The highest BCUT2D eigenvalue weighted by Crippen LogP contribution is 2.47. The van der Waals surface area contributed by atoms with Crippen molar-refractivity contribution in [3.05, 3.63) is 83.4 Å². The van der Waals surface area contributed by atoms with Gasteiger partial charge in [0.05, 0.1) is 13.2 Å². The van der Waals surface area contributed by atoms with Gasteiger partial charge < -0.3 is 24.8 Å². The zero-order valence-electron chi connectivity index (χ0n) is 26.2. The number of methoxy groups -OCH3 is 1. The van der Waals surface area contributed by atoms with Crippen LogP contribution in [0.5, 0.6) is 23.0 Å². The fourth-order valence-corrected chi connectivity index (χ4v) is 9.80. The van der Waals surface area contributed by atoms with Crippen LogP contribution in [0.25, 0.3) is 21.9 Å². The number of hydrogen-bond acceptors (Lipinski definition) is 9. The Hall–Kier alpha value is -3.37. The van der Waals surface area contributed by atoms with Gasteiger partial charge in [-0.15, -0.1) is 0 Å². The number of rotatable bonds is 5. The van der Waals surface area contributed by atoms with Crippen LogP contribution in [-0.2, 0) is 21.7 Å². The van der Waals surface area contributed by atoms with Crippen LogP contribution < -0.4 is 10.1 Å². The topological polar surface area (TPSA) is 108 Å². The van der Waals surface area contributed by atoms with Crippen LogP contribution in [0.4, 0.5) is 0 Å². The fourth-order valence-electron chi connectivity index (χ4n) is 6.93. The second-order valence-corrected chi connectivity index (χ2v) is 14.9. The molecule has 4 aromatic rings. The van der Waals surface area contributed by atoms with Crippen LogP contribution in [0.1, 0.15) is 61.4 Å². The van der Waals surface area contributed by atoms with Crippen LogP contribution in [0, 0.1) is 5.92 Å². The van der Waals surface area contributed by atoms with Gasteiger partial charge in [0.2, 0.25) is 0 Å². The van der Waals surface area contributed by atoms with Gasteiger partial charge in [-0.25, -0.2) is 0 Å². The smallest absolute Gasteiger partial charge is 0.168 e. The lowest BCUT2D eigenvalue weighted by atomic mass is 9.82. The molecule has 3 aliphatic rings. The van der Waals surface area contributed by atoms with Crippen molar-refractivity contribution >= 4 is 38.1 Å². The van der Waals surface area contributed by atoms with Gasteiger partial charge in [-0.3, -0.25) is 10.1 Å². The normalized spacial score (nSPS) is 21.4. The van der Waals surface area contributed by atoms with E-state index in [2.05, 4.69) is 11.4 Å². The minimum absolute atomic E-state index is 0.0433. The first-order valence-corrected chi connectivity index (χ1v) is 18.3. The molecular formula is C37H41NO6S2. The van der Waals surface area contributed by atoms with Crippen molar-refractivity contribution < 1.29 is 29.6 Å². The average Bonchev–Trinajstić information content (AvgIpc) is 3.06. The van der Waals surface area contributed by atoms with Gasteiger partial charge in [-0.2, -0.15) is 0 Å². The molecule has 2 atom stereocenters. The summed E-state index contributed by atoms with van der Waals surface area (Å²) in [4.78, 5) is 13.8. The first-order valence-electron chi connectivity index (χ1n) is 15.9. The first kappa shape index (κ1) is 32.6. The summed E-state index contributed by atoms with van der Waals surface area (Å²) in [5.41, 5.74) is 4.52. The fraction of sp³-hybridized carbons (Fsp3) is 0.378. The molecule has 2 aliphatic heterocycles. The van der Waals surface area contributed by atoms with Crippen LogP contribution in [0.2, 0.25) is 0 Å². The number of Topliss-reactive ketones (excluding diaryl/α,β-unsaturated/α-hetero) is 1. The van der Waals surface area contributed by atoms with Gasteiger partial charge in [0, 0.05) is 29.4 Å². The van der Waals surface area contributed by atoms with E-state index < -0.39 is 6.23 Å². The van der Waals surface area contributed by atoms with Crippen molar-refractivity contribution in [1.29, 1.82) is 0 Å². The Morgan fingerprint density at radius 2 is 1.70 bits per heavy atom. The summed E-state index contributed by atoms with van der Waals surface area (Å²) in [6.07, 6.45) is 4.45. The van der Waals surface area contributed by atoms with Crippen molar-refractivity contribution in [2.45, 2.75) is 68.3 Å². The molecule has 242 valence electrons. The number of phenolic OH excluding ortho intramolecular Hbond substituents is 3. The molecule has 4 aromatic carbocycles. The second-order valence-electron chi connectivity index (χ2n) is 12.2. The molecule has 9 heteroatoms. The molecule has 4 N–H and O–H groups in total. The number of fused-ring (bicyclic) bond motifs is 9. The van der Waals surface area contributed by atoms with E-state index in [1.54, 1.807) is 37.4 Å². The van der Waals surface area contributed by atoms with Crippen molar-refractivity contribution in [1.82, 2.24) is 5.32 Å². The Labute approximate surface area is 278 Å². The van der Waals surface area contributed by atoms with E-state index in [1.807, 2.05) is 59.0 Å². The van der Waals surface area contributed by atoms with E-state index in [0.29, 0.717) is 36.0 Å². The monoisotopic (exact) mass is 659 g/mol. The number of ketones is 1. The van der Waals surface area contributed by atoms with E-state index in [4.69, 9.17) is 9.47 Å². The van der Waals surface area contributed by atoms with Gasteiger partial charge in [-0.05, 0) is 108 Å². The first-order chi connectivity index (χ1) is 22.3. The molecule has 0 unspecified atom stereocenters. The number of benzene rings is 4. The summed E-state index contributed by atoms with van der Waals surface area (Å²) in [6, 6.07) is 20.1. The highest BCUT2D eigenvalue weighted by atomic mass is 33.1. The predicted molar refractivity (Wildman–Crippen MR) is 187 cm³/mol. The van der Waals surface area contributed by atoms with Crippen LogP contribution in [-0.4, -0.2) is 46.6 Å². The maximum Gasteiger partial charge on any atom is 0.168 e. The molecule has 1 saturated carbocycles. The number of carbonyl (C=O) groups is 1. The zero-order chi connectivity index (χ0) is 32.2. The zero-order valence-corrected chi connectivity index (χ0v) is 27.8. The lowest BCUT2D eigenvalue weighted by Crippen LogP contribution is -2.35. The van der Waals surface area contributed by atoms with Gasteiger partial charge in [0.15, 0.2) is 11.5 Å². The molecule has 0 radical (unpaired) electrons. The predicted octanol–water partition coefficient (Wildman–Crippen LogP) is 8.28. The lowest BCUT2D eigenvalue weighted by Gasteiger charge is -2.35. The molecule has 0 amide bonds. The molecule has 7 rings (SSSR count). The summed E-state index contributed by atoms with van der Waals surface area (Å²) < 4.78 is 12.5. The maximum atomic E-state index is 13.8. The second kappa shape index (κ2) is 14.6. The molecule has 0 spiro atoms. The molecule has 0 aromatic heterocycles. The summed E-state index contributed by atoms with van der Waals surface area (Å²) in [6.45, 7) is 0. The maximum absolute atomic E-state index is 13.8. The van der Waals surface area contributed by atoms with E-state index in [1.165, 1.54) is 0 Å². The molecule has 1 fully saturated rings. The van der Waals surface area contributed by atoms with E-state index in [-0.39, 0.29) is 35.1 Å². The molecule has 46 heavy (non-hydrogen) atoms. The van der Waals surface area contributed by atoms with Gasteiger partial charge in [0.1, 0.15) is 23.5 Å². The van der Waals surface area contributed by atoms with Crippen molar-refractivity contribution in [2.24, 2.45) is 5.92 Å². The molecule has 1 aliphatic carbocycles. The average molecular weight is 660 g/mol. The lowest BCUT2D eigenvalue weighted by molar-refractivity contribution is -0.127. The van der Waals surface area contributed by atoms with E-state index in [9.17, 15) is 20.1 Å². The van der Waals surface area contributed by atoms with Gasteiger partial charge in [0.25, 0.3) is 0 Å². The van der Waals surface area contributed by atoms with Gasteiger partial charge in [-0.1, -0.05) is 58.0 Å². The number of phenols is 3. The Morgan fingerprint density at radius 1 is 0.913 bits per heavy atom. The van der Waals surface area contributed by atoms with Crippen molar-refractivity contribution in [2.75, 3.05) is 14.2 Å². The third kappa shape index (κ3) is 7.13. The molecule has 7 nitrogen and oxygen atoms in total. The Morgan fingerprint density at radius 3 is 2.46 bits per heavy atom. The molecule has 0 saturated heterocycles. The number of aromatic hydroxyl groups is 3. The van der Waals surface area contributed by atoms with E-state index in [0.717, 1.165) is 64.3 Å². The quantitative estimate of drug-likeness (QED) is 0.124. The minimum atomic E-state index is -0.447. The van der Waals surface area contributed by atoms with Crippen LogP contribution in [0.15, 0.2) is 66.7 Å². The summed E-state index contributed by atoms with van der Waals surface area (Å²) in [5.74, 6) is 1.89. The highest BCUT2D eigenvalue weighted by Gasteiger charge is 2.33. The number of ether oxygens (including phenoxy) is 2. The third-order valence-corrected chi connectivity index (χ3v) is 12.2. The Bertz CT molecular complexity index is 1700. The number of hydrogen-bond donors (Lipinski definition) is 4. The standard InChI is InChI=1S/C37H41NO6S2/c1-38-37(25-4-3-5-26(39)18-25)44-34-20-28(41)13-7-24-11-17-33(42)36(43-2)35(24)30-16-10-22-6-12-27(40)19-31(22)32(30)21-45-46-29-14-8-23(34)9-15-29/h3-6,10-12,16-19,23,29,34,37-40,42H,7-9,13-15,20-21H2,1-2H3/t23?,29?,34-,37+/m0/s1. The van der Waals surface area contributed by atoms with Crippen LogP contribution >= 0.6 is 21.6 Å². The third-order valence-electron chi connectivity index (χ3n) is 9.31. The number of aryl methyl sites for hydroxylation is 1. The molecule has 2 bridgehead atoms. The minimum Gasteiger partial charge on any atom is -0.508 e. The highest BCUT2D eigenvalue weighted by molar-refractivity contribution is 8.76. The number of carbonyl (C=O) groups excluding carboxylic acids is 1. The molecular weight excluding hydrogens is 619 g/mol. The van der Waals surface area contributed by atoms with Gasteiger partial charge >= 0.3 is 0 Å². The Balaban J connectivity index is 1.37. The summed E-state index contributed by atoms with van der Waals surface area (Å²) >= 11 is 0. The summed E-state index contributed by atoms with van der Waals surface area (Å²) in [7, 11) is 7.13. The molecule has 2 heterocycles. The van der Waals surface area contributed by atoms with Crippen LogP contribution in [0.3, 0.4) is 0 Å². The number of nitrogens with one attached hydrogen (secondary N) is 1. The van der Waals surface area contributed by atoms with Crippen molar-refractivity contribution in [3.8, 4) is 34.1 Å². The Kier molecular flexibility index (Phi) is 10.3. The SMILES string of the molecule is CN[C@H](O[C@H]1CC(=O)CCc2ccc(O)c(OC)c2-c2ccc3ccc(O)cc3c2CSSC2CCC1CC2)c1cccc(O)c1. The van der Waals surface area contributed by atoms with Crippen molar-refractivity contribution in [3.63, 3.8) is 0 Å². The summed E-state index contributed by atoms with van der Waals surface area (Å²) in [5, 5.41) is 37.1. The van der Waals surface area contributed by atoms with E-state index >= 15 is 0 Å². The largest absolute Gasteiger partial charge is 0.508 e.